The number of unbranched alkanes of at least 4 members (excludes halogenated alkanes) is 3. The highest BCUT2D eigenvalue weighted by atomic mass is 32.1. The molecule has 1 N–H and O–H groups in total. The second-order valence-corrected chi connectivity index (χ2v) is 8.16. The first kappa shape index (κ1) is 23.4. The Morgan fingerprint density at radius 2 is 1.59 bits per heavy atom. The van der Waals surface area contributed by atoms with Gasteiger partial charge in [-0.1, -0.05) is 68.2 Å². The summed E-state index contributed by atoms with van der Waals surface area (Å²) in [7, 11) is 0. The van der Waals surface area contributed by atoms with Gasteiger partial charge < -0.3 is 5.32 Å². The van der Waals surface area contributed by atoms with Gasteiger partial charge in [0.25, 0.3) is 0 Å². The van der Waals surface area contributed by atoms with E-state index in [0.717, 1.165) is 11.4 Å². The Labute approximate surface area is 172 Å². The van der Waals surface area contributed by atoms with Crippen LogP contribution in [-0.4, -0.2) is 6.54 Å². The molecule has 0 heterocycles. The smallest absolute Gasteiger partial charge is 0.0419 e. The predicted octanol–water partition coefficient (Wildman–Crippen LogP) is 5.88. The van der Waals surface area contributed by atoms with Gasteiger partial charge in [-0.3, -0.25) is 0 Å². The van der Waals surface area contributed by atoms with Crippen LogP contribution in [0.1, 0.15) is 67.2 Å². The number of benzene rings is 1. The minimum absolute atomic E-state index is 1.01. The first-order valence-corrected chi connectivity index (χ1v) is 10.5. The van der Waals surface area contributed by atoms with Crippen LogP contribution in [0, 0.1) is 0 Å². The largest absolute Gasteiger partial charge is 0.385 e. The van der Waals surface area contributed by atoms with Crippen LogP contribution in [0.2, 0.25) is 0 Å². The quantitative estimate of drug-likeness (QED) is 0.308. The maximum atomic E-state index is 4.37. The summed E-state index contributed by atoms with van der Waals surface area (Å²) in [6.45, 7) is 13.9. The van der Waals surface area contributed by atoms with E-state index >= 15 is 0 Å². The zero-order chi connectivity index (χ0) is 20.2. The maximum absolute atomic E-state index is 4.37. The molecule has 0 aliphatic carbocycles. The molecule has 0 aromatic heterocycles. The zero-order valence-corrected chi connectivity index (χ0v) is 18.9. The molecule has 0 saturated carbocycles. The van der Waals surface area contributed by atoms with E-state index in [2.05, 4.69) is 95.1 Å². The monoisotopic (exact) mass is 383 g/mol. The average molecular weight is 384 g/mol. The standard InChI is InChI=1S/C25H37NS/c1-7-8-9-12-17-26-25(18-19(2)3)24-14-11-10-13-23(24)22(6)20(4)15-16-21(5)27/h10-11,13-16,18,26-27H,7-9,12,17H2,1-6H3/b20-15+,21-16-,23-22+,25-24-. The lowest BCUT2D eigenvalue weighted by molar-refractivity contribution is 0.650. The minimum Gasteiger partial charge on any atom is -0.385 e. The van der Waals surface area contributed by atoms with Gasteiger partial charge in [-0.15, -0.1) is 12.6 Å². The zero-order valence-electron chi connectivity index (χ0n) is 18.0. The van der Waals surface area contributed by atoms with Crippen LogP contribution >= 0.6 is 12.6 Å². The third-order valence-corrected chi connectivity index (χ3v) is 4.72. The molecule has 0 aliphatic rings. The van der Waals surface area contributed by atoms with Gasteiger partial charge in [-0.05, 0) is 68.4 Å². The van der Waals surface area contributed by atoms with Gasteiger partial charge in [0.15, 0.2) is 0 Å². The van der Waals surface area contributed by atoms with Crippen molar-refractivity contribution in [2.45, 2.75) is 67.2 Å². The number of nitrogens with one attached hydrogen (secondary N) is 1. The Hall–Kier alpha value is -1.67. The third-order valence-electron chi connectivity index (χ3n) is 4.57. The van der Waals surface area contributed by atoms with Crippen molar-refractivity contribution in [3.05, 3.63) is 69.0 Å². The van der Waals surface area contributed by atoms with Crippen LogP contribution in [-0.2, 0) is 0 Å². The second-order valence-electron chi connectivity index (χ2n) is 7.45. The van der Waals surface area contributed by atoms with Crippen molar-refractivity contribution in [1.82, 2.24) is 5.32 Å². The van der Waals surface area contributed by atoms with E-state index in [1.807, 2.05) is 6.92 Å². The topological polar surface area (TPSA) is 12.0 Å². The summed E-state index contributed by atoms with van der Waals surface area (Å²) in [6, 6.07) is 8.69. The van der Waals surface area contributed by atoms with Gasteiger partial charge >= 0.3 is 0 Å². The van der Waals surface area contributed by atoms with Crippen LogP contribution in [0.25, 0.3) is 11.3 Å². The van der Waals surface area contributed by atoms with E-state index in [4.69, 9.17) is 0 Å². The molecule has 0 radical (unpaired) electrons. The summed E-state index contributed by atoms with van der Waals surface area (Å²) in [5, 5.41) is 6.25. The van der Waals surface area contributed by atoms with E-state index in [1.54, 1.807) is 0 Å². The normalized spacial score (nSPS) is 14.6. The van der Waals surface area contributed by atoms with E-state index in [9.17, 15) is 0 Å². The highest BCUT2D eigenvalue weighted by Crippen LogP contribution is 2.09. The van der Waals surface area contributed by atoms with E-state index in [0.29, 0.717) is 0 Å². The van der Waals surface area contributed by atoms with E-state index in [-0.39, 0.29) is 0 Å². The molecule has 0 spiro atoms. The van der Waals surface area contributed by atoms with E-state index < -0.39 is 0 Å². The van der Waals surface area contributed by atoms with Crippen molar-refractivity contribution in [2.24, 2.45) is 0 Å². The highest BCUT2D eigenvalue weighted by molar-refractivity contribution is 7.84. The molecule has 1 nitrogen and oxygen atoms in total. The Kier molecular flexibility index (Phi) is 11.0. The minimum atomic E-state index is 1.01. The summed E-state index contributed by atoms with van der Waals surface area (Å²) >= 11 is 4.37. The second kappa shape index (κ2) is 12.7. The van der Waals surface area contributed by atoms with Gasteiger partial charge in [0.05, 0.1) is 0 Å². The van der Waals surface area contributed by atoms with Gasteiger partial charge in [-0.25, -0.2) is 0 Å². The molecule has 0 atom stereocenters. The molecule has 0 fully saturated rings. The Morgan fingerprint density at radius 3 is 2.19 bits per heavy atom. The van der Waals surface area contributed by atoms with Crippen molar-refractivity contribution in [1.29, 1.82) is 0 Å². The lowest BCUT2D eigenvalue weighted by atomic mass is 10.0. The molecular formula is C25H37NS. The molecule has 0 amide bonds. The fourth-order valence-corrected chi connectivity index (χ4v) is 2.99. The van der Waals surface area contributed by atoms with Gasteiger partial charge in [0, 0.05) is 17.5 Å². The van der Waals surface area contributed by atoms with Crippen LogP contribution in [0.5, 0.6) is 0 Å². The molecule has 1 rings (SSSR count). The van der Waals surface area contributed by atoms with Gasteiger partial charge in [0.2, 0.25) is 0 Å². The number of rotatable bonds is 9. The van der Waals surface area contributed by atoms with Crippen molar-refractivity contribution in [3.8, 4) is 0 Å². The van der Waals surface area contributed by atoms with Gasteiger partial charge in [0.1, 0.15) is 0 Å². The summed E-state index contributed by atoms with van der Waals surface area (Å²) in [5.41, 5.74) is 5.08. The maximum Gasteiger partial charge on any atom is 0.0419 e. The molecule has 148 valence electrons. The fraction of sp³-hybridized carbons (Fsp3) is 0.440. The molecular weight excluding hydrogens is 346 g/mol. The van der Waals surface area contributed by atoms with Crippen molar-refractivity contribution in [2.75, 3.05) is 6.54 Å². The molecule has 0 bridgehead atoms. The molecule has 0 aliphatic heterocycles. The highest BCUT2D eigenvalue weighted by Gasteiger charge is 2.01. The Bertz CT molecular complexity index is 801. The lowest BCUT2D eigenvalue weighted by Gasteiger charge is -2.10. The fourth-order valence-electron chi connectivity index (χ4n) is 2.92. The number of hydrogen-bond acceptors (Lipinski definition) is 2. The third kappa shape index (κ3) is 8.71. The first-order chi connectivity index (χ1) is 12.9. The van der Waals surface area contributed by atoms with Crippen molar-refractivity contribution >= 4 is 23.9 Å². The SMILES string of the molecule is CCCCCCN/C(C=C(C)C)=c1/cccc/c1=C(C)\C(C)=C\C=C(\C)S. The summed E-state index contributed by atoms with van der Waals surface area (Å²) in [6.07, 6.45) is 11.5. The van der Waals surface area contributed by atoms with Crippen LogP contribution in [0.15, 0.2) is 58.5 Å². The molecule has 2 heteroatoms. The molecule has 0 unspecified atom stereocenters. The van der Waals surface area contributed by atoms with E-state index in [1.165, 1.54) is 58.5 Å². The van der Waals surface area contributed by atoms with Crippen molar-refractivity contribution in [3.63, 3.8) is 0 Å². The molecule has 0 saturated heterocycles. The van der Waals surface area contributed by atoms with Gasteiger partial charge in [-0.2, -0.15) is 0 Å². The molecule has 27 heavy (non-hydrogen) atoms. The Balaban J connectivity index is 3.45. The number of allylic oxidation sites excluding steroid dienone is 5. The van der Waals surface area contributed by atoms with Crippen LogP contribution in [0.3, 0.4) is 0 Å². The number of thiol groups is 1. The average Bonchev–Trinajstić information content (AvgIpc) is 2.64. The lowest BCUT2D eigenvalue weighted by Crippen LogP contribution is -2.33. The molecule has 1 aromatic carbocycles. The Morgan fingerprint density at radius 1 is 0.926 bits per heavy atom. The molecule has 1 aromatic rings. The summed E-state index contributed by atoms with van der Waals surface area (Å²) in [4.78, 5) is 1.01. The first-order valence-electron chi connectivity index (χ1n) is 10.1. The summed E-state index contributed by atoms with van der Waals surface area (Å²) in [5.74, 6) is 0. The predicted molar refractivity (Wildman–Crippen MR) is 126 cm³/mol. The summed E-state index contributed by atoms with van der Waals surface area (Å²) < 4.78 is 0. The van der Waals surface area contributed by atoms with Crippen LogP contribution < -0.4 is 15.8 Å². The number of hydrogen-bond donors (Lipinski definition) is 2. The van der Waals surface area contributed by atoms with Crippen LogP contribution in [0.4, 0.5) is 0 Å². The van der Waals surface area contributed by atoms with Crippen molar-refractivity contribution < 1.29 is 0 Å².